The van der Waals surface area contributed by atoms with E-state index in [0.717, 1.165) is 60.6 Å². The van der Waals surface area contributed by atoms with Crippen molar-refractivity contribution in [2.45, 2.75) is 13.3 Å². The quantitative estimate of drug-likeness (QED) is 0.469. The molecule has 1 saturated heterocycles. The van der Waals surface area contributed by atoms with E-state index in [2.05, 4.69) is 4.90 Å². The first-order valence-corrected chi connectivity index (χ1v) is 11.7. The highest BCUT2D eigenvalue weighted by atomic mass is 35.5. The van der Waals surface area contributed by atoms with Gasteiger partial charge in [-0.3, -0.25) is 14.6 Å². The fourth-order valence-electron chi connectivity index (χ4n) is 3.61. The molecule has 2 heterocycles. The zero-order valence-corrected chi connectivity index (χ0v) is 19.2. The zero-order valence-electron chi connectivity index (χ0n) is 17.6. The molecule has 3 aromatic rings. The average molecular weight is 456 g/mol. The number of morpholine rings is 1. The number of hydrogen-bond donors (Lipinski definition) is 0. The molecule has 1 aromatic heterocycles. The number of benzene rings is 2. The van der Waals surface area contributed by atoms with Crippen molar-refractivity contribution < 1.29 is 9.53 Å². The number of amides is 1. The van der Waals surface area contributed by atoms with Crippen LogP contribution in [-0.2, 0) is 9.53 Å². The van der Waals surface area contributed by atoms with E-state index in [1.54, 1.807) is 11.0 Å². The summed E-state index contributed by atoms with van der Waals surface area (Å²) in [7, 11) is 0. The molecular formula is C24H26ClN3O2S. The number of fused-ring (bicyclic) bond motifs is 1. The predicted molar refractivity (Wildman–Crippen MR) is 129 cm³/mol. The van der Waals surface area contributed by atoms with Crippen molar-refractivity contribution in [3.8, 4) is 0 Å². The van der Waals surface area contributed by atoms with Gasteiger partial charge >= 0.3 is 0 Å². The van der Waals surface area contributed by atoms with Crippen LogP contribution in [0.25, 0.3) is 16.3 Å². The number of hydrogen-bond acceptors (Lipinski definition) is 5. The molecular weight excluding hydrogens is 430 g/mol. The maximum absolute atomic E-state index is 13.2. The highest BCUT2D eigenvalue weighted by molar-refractivity contribution is 7.23. The summed E-state index contributed by atoms with van der Waals surface area (Å²) in [5.41, 5.74) is 2.92. The standard InChI is InChI=1S/C24H26ClN3O2S/c1-18-8-10-20(25)23-22(18)26-24(31-23)28(13-5-12-27-14-16-30-17-15-27)21(29)11-9-19-6-3-2-4-7-19/h2-4,6-11H,5,12-17H2,1H3/b11-9+. The molecule has 4 rings (SSSR count). The van der Waals surface area contributed by atoms with Gasteiger partial charge in [-0.25, -0.2) is 4.98 Å². The summed E-state index contributed by atoms with van der Waals surface area (Å²) in [6.45, 7) is 6.99. The van der Waals surface area contributed by atoms with E-state index in [9.17, 15) is 4.79 Å². The number of aromatic nitrogens is 1. The van der Waals surface area contributed by atoms with Gasteiger partial charge in [-0.2, -0.15) is 0 Å². The van der Waals surface area contributed by atoms with E-state index in [0.29, 0.717) is 16.7 Å². The Hall–Kier alpha value is -2.25. The van der Waals surface area contributed by atoms with Gasteiger partial charge in [0, 0.05) is 32.3 Å². The number of halogens is 1. The Kier molecular flexibility index (Phi) is 7.35. The van der Waals surface area contributed by atoms with E-state index < -0.39 is 0 Å². The van der Waals surface area contributed by atoms with Gasteiger partial charge in [-0.1, -0.05) is 59.3 Å². The van der Waals surface area contributed by atoms with Gasteiger partial charge in [0.15, 0.2) is 5.13 Å². The summed E-state index contributed by atoms with van der Waals surface area (Å²) in [6, 6.07) is 13.7. The van der Waals surface area contributed by atoms with Crippen molar-refractivity contribution in [3.05, 3.63) is 64.7 Å². The fraction of sp³-hybridized carbons (Fsp3) is 0.333. The van der Waals surface area contributed by atoms with Gasteiger partial charge in [0.2, 0.25) is 0 Å². The Labute approximate surface area is 191 Å². The molecule has 5 nitrogen and oxygen atoms in total. The minimum Gasteiger partial charge on any atom is -0.379 e. The molecule has 162 valence electrons. The van der Waals surface area contributed by atoms with Crippen LogP contribution in [0.15, 0.2) is 48.5 Å². The largest absolute Gasteiger partial charge is 0.379 e. The van der Waals surface area contributed by atoms with Crippen LogP contribution in [0.3, 0.4) is 0 Å². The highest BCUT2D eigenvalue weighted by Gasteiger charge is 2.20. The van der Waals surface area contributed by atoms with Crippen molar-refractivity contribution in [1.29, 1.82) is 0 Å². The first-order valence-electron chi connectivity index (χ1n) is 10.5. The van der Waals surface area contributed by atoms with Gasteiger partial charge in [0.05, 0.1) is 28.5 Å². The molecule has 0 spiro atoms. The van der Waals surface area contributed by atoms with Crippen LogP contribution >= 0.6 is 22.9 Å². The smallest absolute Gasteiger partial charge is 0.252 e. The summed E-state index contributed by atoms with van der Waals surface area (Å²) in [5.74, 6) is -0.0707. The minimum absolute atomic E-state index is 0.0707. The summed E-state index contributed by atoms with van der Waals surface area (Å²) in [4.78, 5) is 22.1. The Morgan fingerprint density at radius 2 is 2.00 bits per heavy atom. The Balaban J connectivity index is 1.55. The molecule has 1 aliphatic rings. The maximum atomic E-state index is 13.2. The third kappa shape index (κ3) is 5.52. The summed E-state index contributed by atoms with van der Waals surface area (Å²) < 4.78 is 6.35. The molecule has 0 aliphatic carbocycles. The van der Waals surface area contributed by atoms with Crippen LogP contribution in [0.5, 0.6) is 0 Å². The molecule has 31 heavy (non-hydrogen) atoms. The average Bonchev–Trinajstić information content (AvgIpc) is 3.25. The van der Waals surface area contributed by atoms with Crippen LogP contribution in [-0.4, -0.2) is 55.2 Å². The topological polar surface area (TPSA) is 45.7 Å². The lowest BCUT2D eigenvalue weighted by Crippen LogP contribution is -2.39. The number of rotatable bonds is 7. The number of ether oxygens (including phenoxy) is 1. The van der Waals surface area contributed by atoms with Gasteiger partial charge in [0.1, 0.15) is 0 Å². The number of aryl methyl sites for hydroxylation is 1. The highest BCUT2D eigenvalue weighted by Crippen LogP contribution is 2.35. The van der Waals surface area contributed by atoms with Crippen LogP contribution in [0, 0.1) is 6.92 Å². The van der Waals surface area contributed by atoms with E-state index in [1.165, 1.54) is 11.3 Å². The first-order chi connectivity index (χ1) is 15.1. The lowest BCUT2D eigenvalue weighted by Gasteiger charge is -2.27. The van der Waals surface area contributed by atoms with Crippen LogP contribution in [0.1, 0.15) is 17.5 Å². The second kappa shape index (κ2) is 10.4. The van der Waals surface area contributed by atoms with E-state index in [1.807, 2.05) is 55.5 Å². The Bertz CT molecular complexity index is 1020. The number of anilines is 1. The summed E-state index contributed by atoms with van der Waals surface area (Å²) in [5, 5.41) is 1.36. The van der Waals surface area contributed by atoms with Crippen LogP contribution in [0.2, 0.25) is 5.02 Å². The number of thiazole rings is 1. The normalized spacial score (nSPS) is 15.0. The fourth-order valence-corrected chi connectivity index (χ4v) is 4.95. The van der Waals surface area contributed by atoms with Gasteiger partial charge in [-0.05, 0) is 36.6 Å². The number of carbonyl (C=O) groups excluding carboxylic acids is 1. The van der Waals surface area contributed by atoms with Gasteiger partial charge in [0.25, 0.3) is 5.91 Å². The Morgan fingerprint density at radius 3 is 2.74 bits per heavy atom. The number of carbonyl (C=O) groups is 1. The SMILES string of the molecule is Cc1ccc(Cl)c2sc(N(CCCN3CCOCC3)C(=O)/C=C/c3ccccc3)nc12. The molecule has 7 heteroatoms. The van der Waals surface area contributed by atoms with Gasteiger partial charge < -0.3 is 4.74 Å². The molecule has 2 aromatic carbocycles. The second-order valence-electron chi connectivity index (χ2n) is 7.58. The second-order valence-corrected chi connectivity index (χ2v) is 8.96. The van der Waals surface area contributed by atoms with E-state index in [4.69, 9.17) is 21.3 Å². The van der Waals surface area contributed by atoms with Crippen molar-refractivity contribution in [2.75, 3.05) is 44.3 Å². The van der Waals surface area contributed by atoms with Gasteiger partial charge in [-0.15, -0.1) is 0 Å². The predicted octanol–water partition coefficient (Wildman–Crippen LogP) is 5.03. The molecule has 0 radical (unpaired) electrons. The third-order valence-electron chi connectivity index (χ3n) is 5.36. The van der Waals surface area contributed by atoms with E-state index >= 15 is 0 Å². The molecule has 0 saturated carbocycles. The molecule has 0 N–H and O–H groups in total. The molecule has 0 unspecified atom stereocenters. The van der Waals surface area contributed by atoms with Crippen molar-refractivity contribution in [3.63, 3.8) is 0 Å². The van der Waals surface area contributed by atoms with Crippen molar-refractivity contribution >= 4 is 50.3 Å². The monoisotopic (exact) mass is 455 g/mol. The molecule has 0 atom stereocenters. The maximum Gasteiger partial charge on any atom is 0.252 e. The van der Waals surface area contributed by atoms with Crippen LogP contribution < -0.4 is 4.90 Å². The lowest BCUT2D eigenvalue weighted by atomic mass is 10.2. The Morgan fingerprint density at radius 1 is 1.23 bits per heavy atom. The number of nitrogens with zero attached hydrogens (tertiary/aromatic N) is 3. The third-order valence-corrected chi connectivity index (χ3v) is 6.90. The molecule has 1 fully saturated rings. The van der Waals surface area contributed by atoms with Crippen molar-refractivity contribution in [2.24, 2.45) is 0 Å². The summed E-state index contributed by atoms with van der Waals surface area (Å²) in [6.07, 6.45) is 4.35. The van der Waals surface area contributed by atoms with E-state index in [-0.39, 0.29) is 5.91 Å². The summed E-state index contributed by atoms with van der Waals surface area (Å²) >= 11 is 7.88. The van der Waals surface area contributed by atoms with Crippen molar-refractivity contribution in [1.82, 2.24) is 9.88 Å². The first kappa shape index (κ1) is 22.0. The molecule has 0 bridgehead atoms. The lowest BCUT2D eigenvalue weighted by molar-refractivity contribution is -0.114. The zero-order chi connectivity index (χ0) is 21.6. The van der Waals surface area contributed by atoms with Crippen LogP contribution in [0.4, 0.5) is 5.13 Å². The molecule has 1 aliphatic heterocycles. The molecule has 1 amide bonds. The minimum atomic E-state index is -0.0707.